The van der Waals surface area contributed by atoms with Crippen LogP contribution in [0.25, 0.3) is 22.6 Å². The van der Waals surface area contributed by atoms with E-state index in [1.807, 2.05) is 24.3 Å². The van der Waals surface area contributed by atoms with Gasteiger partial charge in [-0.15, -0.1) is 0 Å². The minimum Gasteiger partial charge on any atom is -0.508 e. The van der Waals surface area contributed by atoms with Crippen molar-refractivity contribution >= 4 is 0 Å². The molecule has 0 amide bonds. The molecule has 1 aliphatic heterocycles. The number of hydrogen-bond acceptors (Lipinski definition) is 2. The number of imidazole rings is 1. The van der Waals surface area contributed by atoms with Crippen LogP contribution in [0.2, 0.25) is 0 Å². The Morgan fingerprint density at radius 3 is 2.81 bits per heavy atom. The van der Waals surface area contributed by atoms with Crippen LogP contribution in [0.3, 0.4) is 0 Å². The molecule has 3 aromatic rings. The molecule has 1 aliphatic rings. The zero-order valence-electron chi connectivity index (χ0n) is 11.9. The zero-order valence-corrected chi connectivity index (χ0v) is 11.9. The Morgan fingerprint density at radius 1 is 1.10 bits per heavy atom. The molecule has 104 valence electrons. The minimum atomic E-state index is 0.294. The van der Waals surface area contributed by atoms with Crippen LogP contribution in [-0.4, -0.2) is 14.7 Å². The van der Waals surface area contributed by atoms with Gasteiger partial charge in [0, 0.05) is 23.9 Å². The van der Waals surface area contributed by atoms with Crippen molar-refractivity contribution in [3.63, 3.8) is 0 Å². The number of aromatic nitrogens is 2. The lowest BCUT2D eigenvalue weighted by Crippen LogP contribution is -2.09. The fourth-order valence-corrected chi connectivity index (χ4v) is 3.02. The summed E-state index contributed by atoms with van der Waals surface area (Å²) in [6.07, 6.45) is 3.09. The summed E-state index contributed by atoms with van der Waals surface area (Å²) in [5.41, 5.74) is 5.69. The second-order valence-corrected chi connectivity index (χ2v) is 5.55. The number of aryl methyl sites for hydroxylation is 3. The standard InChI is InChI=1S/C18H16N2O/c1-12-4-2-3-5-15(12)17-11-20-9-8-13-6-7-14(21)10-16(13)18(20)19-17/h2-7,10-11,21H,8-9H2,1H3. The highest BCUT2D eigenvalue weighted by atomic mass is 16.3. The molecule has 0 atom stereocenters. The summed E-state index contributed by atoms with van der Waals surface area (Å²) < 4.78 is 2.18. The molecule has 3 nitrogen and oxygen atoms in total. The Balaban J connectivity index is 1.89. The van der Waals surface area contributed by atoms with Crippen LogP contribution < -0.4 is 0 Å². The first-order valence-corrected chi connectivity index (χ1v) is 7.18. The number of phenolic OH excluding ortho intramolecular Hbond substituents is 1. The Labute approximate surface area is 123 Å². The molecule has 0 spiro atoms. The number of hydrogen-bond donors (Lipinski definition) is 1. The van der Waals surface area contributed by atoms with Crippen molar-refractivity contribution < 1.29 is 5.11 Å². The smallest absolute Gasteiger partial charge is 0.141 e. The molecule has 0 fully saturated rings. The van der Waals surface area contributed by atoms with Crippen LogP contribution in [0.5, 0.6) is 5.75 Å². The summed E-state index contributed by atoms with van der Waals surface area (Å²) in [6.45, 7) is 3.04. The lowest BCUT2D eigenvalue weighted by atomic mass is 10.0. The molecule has 2 heterocycles. The van der Waals surface area contributed by atoms with Crippen LogP contribution in [0.4, 0.5) is 0 Å². The Bertz CT molecular complexity index is 833. The fraction of sp³-hybridized carbons (Fsp3) is 0.167. The second-order valence-electron chi connectivity index (χ2n) is 5.55. The van der Waals surface area contributed by atoms with Crippen molar-refractivity contribution in [3.05, 3.63) is 59.8 Å². The van der Waals surface area contributed by atoms with Gasteiger partial charge in [0.25, 0.3) is 0 Å². The van der Waals surface area contributed by atoms with Crippen molar-refractivity contribution in [1.82, 2.24) is 9.55 Å². The van der Waals surface area contributed by atoms with Crippen LogP contribution in [0.1, 0.15) is 11.1 Å². The van der Waals surface area contributed by atoms with Crippen LogP contribution >= 0.6 is 0 Å². The molecule has 0 bridgehead atoms. The summed E-state index contributed by atoms with van der Waals surface area (Å²) >= 11 is 0. The fourth-order valence-electron chi connectivity index (χ4n) is 3.02. The van der Waals surface area contributed by atoms with Gasteiger partial charge in [-0.05, 0) is 36.6 Å². The third-order valence-corrected chi connectivity index (χ3v) is 4.15. The molecule has 4 rings (SSSR count). The van der Waals surface area contributed by atoms with E-state index in [1.165, 1.54) is 16.7 Å². The Hall–Kier alpha value is -2.55. The third kappa shape index (κ3) is 1.93. The number of benzene rings is 2. The van der Waals surface area contributed by atoms with E-state index in [4.69, 9.17) is 4.98 Å². The van der Waals surface area contributed by atoms with Gasteiger partial charge in [0.05, 0.1) is 5.69 Å². The van der Waals surface area contributed by atoms with Gasteiger partial charge < -0.3 is 9.67 Å². The molecule has 21 heavy (non-hydrogen) atoms. The van der Waals surface area contributed by atoms with Gasteiger partial charge in [-0.25, -0.2) is 4.98 Å². The van der Waals surface area contributed by atoms with Gasteiger partial charge in [-0.3, -0.25) is 0 Å². The highest BCUT2D eigenvalue weighted by Crippen LogP contribution is 2.34. The van der Waals surface area contributed by atoms with Crippen molar-refractivity contribution in [1.29, 1.82) is 0 Å². The highest BCUT2D eigenvalue weighted by molar-refractivity contribution is 5.70. The molecule has 0 saturated heterocycles. The molecule has 0 saturated carbocycles. The van der Waals surface area contributed by atoms with E-state index in [2.05, 4.69) is 29.8 Å². The predicted octanol–water partition coefficient (Wildman–Crippen LogP) is 3.79. The zero-order chi connectivity index (χ0) is 14.4. The third-order valence-electron chi connectivity index (χ3n) is 4.15. The van der Waals surface area contributed by atoms with Crippen molar-refractivity contribution in [3.8, 4) is 28.4 Å². The number of rotatable bonds is 1. The number of fused-ring (bicyclic) bond motifs is 3. The number of aromatic hydroxyl groups is 1. The molecule has 0 aliphatic carbocycles. The second kappa shape index (κ2) is 4.48. The minimum absolute atomic E-state index is 0.294. The lowest BCUT2D eigenvalue weighted by Gasteiger charge is -2.17. The quantitative estimate of drug-likeness (QED) is 0.734. The monoisotopic (exact) mass is 276 g/mol. The first-order valence-electron chi connectivity index (χ1n) is 7.18. The summed E-state index contributed by atoms with van der Waals surface area (Å²) in [7, 11) is 0. The summed E-state index contributed by atoms with van der Waals surface area (Å²) in [5.74, 6) is 1.24. The number of phenols is 1. The van der Waals surface area contributed by atoms with Crippen LogP contribution in [-0.2, 0) is 13.0 Å². The number of nitrogens with zero attached hydrogens (tertiary/aromatic N) is 2. The first kappa shape index (κ1) is 12.2. The van der Waals surface area contributed by atoms with Crippen molar-refractivity contribution in [2.24, 2.45) is 0 Å². The van der Waals surface area contributed by atoms with Gasteiger partial charge in [0.1, 0.15) is 11.6 Å². The van der Waals surface area contributed by atoms with E-state index in [0.717, 1.165) is 30.0 Å². The SMILES string of the molecule is Cc1ccccc1-c1cn2c(n1)-c1cc(O)ccc1CC2. The summed E-state index contributed by atoms with van der Waals surface area (Å²) in [4.78, 5) is 4.82. The van der Waals surface area contributed by atoms with E-state index in [0.29, 0.717) is 5.75 Å². The van der Waals surface area contributed by atoms with E-state index in [9.17, 15) is 5.11 Å². The molecule has 3 heteroatoms. The summed E-state index contributed by atoms with van der Waals surface area (Å²) in [5, 5.41) is 9.74. The molecule has 1 N–H and O–H groups in total. The summed E-state index contributed by atoms with van der Waals surface area (Å²) in [6, 6.07) is 13.9. The average Bonchev–Trinajstić information content (AvgIpc) is 2.92. The molecular weight excluding hydrogens is 260 g/mol. The highest BCUT2D eigenvalue weighted by Gasteiger charge is 2.20. The largest absolute Gasteiger partial charge is 0.508 e. The van der Waals surface area contributed by atoms with Crippen molar-refractivity contribution in [2.45, 2.75) is 19.9 Å². The van der Waals surface area contributed by atoms with Gasteiger partial charge in [0.2, 0.25) is 0 Å². The molecular formula is C18H16N2O. The van der Waals surface area contributed by atoms with E-state index in [1.54, 1.807) is 6.07 Å². The van der Waals surface area contributed by atoms with Gasteiger partial charge >= 0.3 is 0 Å². The Kier molecular flexibility index (Phi) is 2.61. The normalized spacial score (nSPS) is 12.8. The van der Waals surface area contributed by atoms with Crippen LogP contribution in [0.15, 0.2) is 48.7 Å². The molecule has 0 unspecified atom stereocenters. The predicted molar refractivity (Wildman–Crippen MR) is 83.2 cm³/mol. The maximum absolute atomic E-state index is 9.74. The van der Waals surface area contributed by atoms with Gasteiger partial charge in [-0.1, -0.05) is 30.3 Å². The maximum atomic E-state index is 9.74. The van der Waals surface area contributed by atoms with Gasteiger partial charge in [-0.2, -0.15) is 0 Å². The Morgan fingerprint density at radius 2 is 1.95 bits per heavy atom. The van der Waals surface area contributed by atoms with Gasteiger partial charge in [0.15, 0.2) is 0 Å². The lowest BCUT2D eigenvalue weighted by molar-refractivity contribution is 0.475. The molecule has 0 radical (unpaired) electrons. The van der Waals surface area contributed by atoms with E-state index < -0.39 is 0 Å². The van der Waals surface area contributed by atoms with E-state index in [-0.39, 0.29) is 0 Å². The van der Waals surface area contributed by atoms with Crippen molar-refractivity contribution in [2.75, 3.05) is 0 Å². The maximum Gasteiger partial charge on any atom is 0.141 e. The van der Waals surface area contributed by atoms with Crippen LogP contribution in [0, 0.1) is 6.92 Å². The molecule has 2 aromatic carbocycles. The molecule has 1 aromatic heterocycles. The first-order chi connectivity index (χ1) is 10.2. The average molecular weight is 276 g/mol. The topological polar surface area (TPSA) is 38.0 Å². The van der Waals surface area contributed by atoms with E-state index >= 15 is 0 Å².